The summed E-state index contributed by atoms with van der Waals surface area (Å²) in [4.78, 5) is 2.16. The van der Waals surface area contributed by atoms with Gasteiger partial charge in [-0.15, -0.1) is 0 Å². The fourth-order valence-corrected chi connectivity index (χ4v) is 2.82. The maximum atomic E-state index is 13.7. The number of hydrogen-bond acceptors (Lipinski definition) is 2. The van der Waals surface area contributed by atoms with E-state index >= 15 is 0 Å². The van der Waals surface area contributed by atoms with Crippen LogP contribution in [0.25, 0.3) is 0 Å². The third kappa shape index (κ3) is 3.74. The Balaban J connectivity index is 2.08. The van der Waals surface area contributed by atoms with Gasteiger partial charge >= 0.3 is 0 Å². The molecule has 2 atom stereocenters. The van der Waals surface area contributed by atoms with E-state index in [4.69, 9.17) is 0 Å². The van der Waals surface area contributed by atoms with Crippen molar-refractivity contribution in [1.82, 2.24) is 4.90 Å². The van der Waals surface area contributed by atoms with Crippen molar-refractivity contribution in [2.45, 2.75) is 51.3 Å². The van der Waals surface area contributed by atoms with E-state index in [0.717, 1.165) is 31.9 Å². The maximum Gasteiger partial charge on any atom is 0.163 e. The van der Waals surface area contributed by atoms with Crippen LogP contribution in [-0.4, -0.2) is 28.7 Å². The molecule has 0 aliphatic carbocycles. The van der Waals surface area contributed by atoms with Crippen LogP contribution < -0.4 is 0 Å². The molecule has 106 valence electrons. The Morgan fingerprint density at radius 1 is 1.37 bits per heavy atom. The first-order valence-electron chi connectivity index (χ1n) is 6.93. The van der Waals surface area contributed by atoms with E-state index in [9.17, 15) is 13.9 Å². The van der Waals surface area contributed by atoms with Gasteiger partial charge in [-0.3, -0.25) is 4.90 Å². The molecule has 2 rings (SSSR count). The molecular formula is C15H21F2NO. The Labute approximate surface area is 113 Å². The summed E-state index contributed by atoms with van der Waals surface area (Å²) < 4.78 is 26.9. The van der Waals surface area contributed by atoms with Crippen LogP contribution in [0.4, 0.5) is 8.78 Å². The number of piperidine rings is 1. The predicted molar refractivity (Wildman–Crippen MR) is 70.7 cm³/mol. The van der Waals surface area contributed by atoms with Gasteiger partial charge in [-0.2, -0.15) is 0 Å². The standard InChI is InChI=1S/C15H21F2NO/c1-11(19)9-13-6-2-3-8-18(13)10-12-5-4-7-14(16)15(12)17/h4-5,7,11,13,19H,2-3,6,8-10H2,1H3. The quantitative estimate of drug-likeness (QED) is 0.908. The van der Waals surface area contributed by atoms with E-state index in [0.29, 0.717) is 18.5 Å². The number of benzene rings is 1. The lowest BCUT2D eigenvalue weighted by Crippen LogP contribution is -2.40. The highest BCUT2D eigenvalue weighted by Gasteiger charge is 2.24. The molecule has 1 aromatic rings. The highest BCUT2D eigenvalue weighted by atomic mass is 19.2. The molecule has 2 unspecified atom stereocenters. The first-order valence-corrected chi connectivity index (χ1v) is 6.93. The predicted octanol–water partition coefficient (Wildman–Crippen LogP) is 3.09. The molecule has 2 nitrogen and oxygen atoms in total. The van der Waals surface area contributed by atoms with E-state index in [-0.39, 0.29) is 12.1 Å². The molecule has 0 spiro atoms. The van der Waals surface area contributed by atoms with Crippen LogP contribution in [0.2, 0.25) is 0 Å². The van der Waals surface area contributed by atoms with Crippen molar-refractivity contribution in [3.8, 4) is 0 Å². The van der Waals surface area contributed by atoms with Gasteiger partial charge in [-0.1, -0.05) is 18.6 Å². The molecule has 1 aromatic carbocycles. The molecule has 0 bridgehead atoms. The zero-order valence-corrected chi connectivity index (χ0v) is 11.3. The van der Waals surface area contributed by atoms with Crippen molar-refractivity contribution < 1.29 is 13.9 Å². The second kappa shape index (κ2) is 6.44. The van der Waals surface area contributed by atoms with Crippen LogP contribution in [0.15, 0.2) is 18.2 Å². The van der Waals surface area contributed by atoms with Crippen LogP contribution in [0, 0.1) is 11.6 Å². The fraction of sp³-hybridized carbons (Fsp3) is 0.600. The lowest BCUT2D eigenvalue weighted by molar-refractivity contribution is 0.0809. The van der Waals surface area contributed by atoms with E-state index in [2.05, 4.69) is 4.90 Å². The van der Waals surface area contributed by atoms with Gasteiger partial charge in [0, 0.05) is 18.2 Å². The lowest BCUT2D eigenvalue weighted by Gasteiger charge is -2.36. The van der Waals surface area contributed by atoms with Gasteiger partial charge in [0.2, 0.25) is 0 Å². The molecule has 0 aromatic heterocycles. The van der Waals surface area contributed by atoms with E-state index in [1.54, 1.807) is 19.1 Å². The van der Waals surface area contributed by atoms with Crippen LogP contribution >= 0.6 is 0 Å². The fourth-order valence-electron chi connectivity index (χ4n) is 2.82. The van der Waals surface area contributed by atoms with Gasteiger partial charge in [0.05, 0.1) is 6.10 Å². The first-order chi connectivity index (χ1) is 9.08. The minimum atomic E-state index is -0.790. The summed E-state index contributed by atoms with van der Waals surface area (Å²) in [5.74, 6) is -1.54. The summed E-state index contributed by atoms with van der Waals surface area (Å²) >= 11 is 0. The third-order valence-corrected chi connectivity index (χ3v) is 3.77. The van der Waals surface area contributed by atoms with Crippen molar-refractivity contribution in [2.24, 2.45) is 0 Å². The van der Waals surface area contributed by atoms with Crippen LogP contribution in [0.3, 0.4) is 0 Å². The molecule has 19 heavy (non-hydrogen) atoms. The Morgan fingerprint density at radius 2 is 2.16 bits per heavy atom. The summed E-state index contributed by atoms with van der Waals surface area (Å²) in [5.41, 5.74) is 0.400. The van der Waals surface area contributed by atoms with Crippen molar-refractivity contribution >= 4 is 0 Å². The molecule has 0 radical (unpaired) electrons. The normalized spacial score (nSPS) is 22.4. The number of nitrogens with zero attached hydrogens (tertiary/aromatic N) is 1. The first kappa shape index (κ1) is 14.4. The van der Waals surface area contributed by atoms with Crippen molar-refractivity contribution in [2.75, 3.05) is 6.54 Å². The average molecular weight is 269 g/mol. The smallest absolute Gasteiger partial charge is 0.163 e. The largest absolute Gasteiger partial charge is 0.393 e. The molecule has 4 heteroatoms. The van der Waals surface area contributed by atoms with Gasteiger partial charge in [-0.05, 0) is 38.8 Å². The summed E-state index contributed by atoms with van der Waals surface area (Å²) in [6.45, 7) is 3.07. The van der Waals surface area contributed by atoms with E-state index in [1.165, 1.54) is 0 Å². The average Bonchev–Trinajstić information content (AvgIpc) is 2.36. The summed E-state index contributed by atoms with van der Waals surface area (Å²) in [5, 5.41) is 9.53. The van der Waals surface area contributed by atoms with Gasteiger partial charge in [0.1, 0.15) is 0 Å². The number of aliphatic hydroxyl groups excluding tert-OH is 1. The Hall–Kier alpha value is -1.00. The van der Waals surface area contributed by atoms with E-state index in [1.807, 2.05) is 0 Å². The monoisotopic (exact) mass is 269 g/mol. The van der Waals surface area contributed by atoms with Crippen molar-refractivity contribution in [3.63, 3.8) is 0 Å². The number of likely N-dealkylation sites (tertiary alicyclic amines) is 1. The summed E-state index contributed by atoms with van der Waals surface area (Å²) in [7, 11) is 0. The maximum absolute atomic E-state index is 13.7. The molecule has 0 amide bonds. The Bertz CT molecular complexity index is 423. The molecule has 1 aliphatic heterocycles. The molecule has 1 fully saturated rings. The van der Waals surface area contributed by atoms with Crippen molar-refractivity contribution in [1.29, 1.82) is 0 Å². The Kier molecular flexibility index (Phi) is 4.88. The lowest BCUT2D eigenvalue weighted by atomic mass is 9.96. The molecule has 1 aliphatic rings. The topological polar surface area (TPSA) is 23.5 Å². The number of hydrogen-bond donors (Lipinski definition) is 1. The van der Waals surface area contributed by atoms with Gasteiger partial charge in [-0.25, -0.2) is 8.78 Å². The summed E-state index contributed by atoms with van der Waals surface area (Å²) in [6.07, 6.45) is 3.56. The molecule has 0 saturated carbocycles. The highest BCUT2D eigenvalue weighted by Crippen LogP contribution is 2.24. The minimum absolute atomic E-state index is 0.261. The number of aliphatic hydroxyl groups is 1. The molecular weight excluding hydrogens is 248 g/mol. The van der Waals surface area contributed by atoms with Crippen molar-refractivity contribution in [3.05, 3.63) is 35.4 Å². The van der Waals surface area contributed by atoms with Crippen LogP contribution in [-0.2, 0) is 6.54 Å². The highest BCUT2D eigenvalue weighted by molar-refractivity contribution is 5.19. The minimum Gasteiger partial charge on any atom is -0.393 e. The molecule has 1 saturated heterocycles. The van der Waals surface area contributed by atoms with E-state index < -0.39 is 11.6 Å². The van der Waals surface area contributed by atoms with Gasteiger partial charge in [0.15, 0.2) is 11.6 Å². The zero-order valence-electron chi connectivity index (χ0n) is 11.3. The second-order valence-corrected chi connectivity index (χ2v) is 5.42. The Morgan fingerprint density at radius 3 is 2.89 bits per heavy atom. The number of halogens is 2. The second-order valence-electron chi connectivity index (χ2n) is 5.42. The third-order valence-electron chi connectivity index (χ3n) is 3.77. The number of rotatable bonds is 4. The zero-order chi connectivity index (χ0) is 13.8. The summed E-state index contributed by atoms with van der Waals surface area (Å²) in [6, 6.07) is 4.58. The van der Waals surface area contributed by atoms with Crippen LogP contribution in [0.1, 0.15) is 38.2 Å². The van der Waals surface area contributed by atoms with Crippen LogP contribution in [0.5, 0.6) is 0 Å². The molecule has 1 N–H and O–H groups in total. The SMILES string of the molecule is CC(O)CC1CCCCN1Cc1cccc(F)c1F. The van der Waals surface area contributed by atoms with Gasteiger partial charge in [0.25, 0.3) is 0 Å². The molecule has 1 heterocycles. The van der Waals surface area contributed by atoms with Gasteiger partial charge < -0.3 is 5.11 Å².